The molecule has 0 spiro atoms. The van der Waals surface area contributed by atoms with Crippen LogP contribution < -0.4 is 20.1 Å². The quantitative estimate of drug-likeness (QED) is 0.290. The molecule has 0 bridgehead atoms. The number of halogens is 1. The molecule has 1 atom stereocenters. The van der Waals surface area contributed by atoms with Gasteiger partial charge < -0.3 is 24.8 Å². The number of aryl methyl sites for hydroxylation is 1. The maximum absolute atomic E-state index is 5.55. The third-order valence-electron chi connectivity index (χ3n) is 5.18. The van der Waals surface area contributed by atoms with Crippen LogP contribution >= 0.6 is 24.0 Å². The number of guanidine groups is 1. The SMILES string of the molecule is CN=C(NCc1ncnn1C)NCC(c1ccc(OC)c(OC)c1)N1CCOCC1.I. The van der Waals surface area contributed by atoms with Crippen LogP contribution in [-0.4, -0.2) is 79.7 Å². The molecule has 1 aliphatic rings. The molecule has 1 aromatic heterocycles. The van der Waals surface area contributed by atoms with Crippen molar-refractivity contribution in [3.05, 3.63) is 35.9 Å². The predicted molar refractivity (Wildman–Crippen MR) is 129 cm³/mol. The largest absolute Gasteiger partial charge is 0.493 e. The lowest BCUT2D eigenvalue weighted by Gasteiger charge is -2.35. The first-order valence-corrected chi connectivity index (χ1v) is 9.97. The van der Waals surface area contributed by atoms with Gasteiger partial charge in [0.1, 0.15) is 12.2 Å². The van der Waals surface area contributed by atoms with Gasteiger partial charge in [0.05, 0.1) is 40.0 Å². The summed E-state index contributed by atoms with van der Waals surface area (Å²) < 4.78 is 18.2. The maximum atomic E-state index is 5.55. The predicted octanol–water partition coefficient (Wildman–Crippen LogP) is 1.19. The summed E-state index contributed by atoms with van der Waals surface area (Å²) in [6, 6.07) is 6.19. The Morgan fingerprint density at radius 2 is 1.94 bits per heavy atom. The first kappa shape index (κ1) is 25.1. The zero-order chi connectivity index (χ0) is 21.3. The Morgan fingerprint density at radius 1 is 1.19 bits per heavy atom. The van der Waals surface area contributed by atoms with E-state index in [-0.39, 0.29) is 30.0 Å². The molecular formula is C20H32IN7O3. The lowest BCUT2D eigenvalue weighted by Crippen LogP contribution is -2.46. The normalized spacial score (nSPS) is 15.7. The summed E-state index contributed by atoms with van der Waals surface area (Å²) in [5.41, 5.74) is 1.14. The first-order valence-electron chi connectivity index (χ1n) is 9.97. The Hall–Kier alpha value is -2.12. The summed E-state index contributed by atoms with van der Waals surface area (Å²) in [5.74, 6) is 2.98. The van der Waals surface area contributed by atoms with Crippen molar-refractivity contribution >= 4 is 29.9 Å². The second kappa shape index (κ2) is 12.7. The first-order chi connectivity index (χ1) is 14.7. The number of morpholine rings is 1. The maximum Gasteiger partial charge on any atom is 0.191 e. The Labute approximate surface area is 200 Å². The van der Waals surface area contributed by atoms with Gasteiger partial charge in [-0.15, -0.1) is 24.0 Å². The van der Waals surface area contributed by atoms with Crippen molar-refractivity contribution in [2.45, 2.75) is 12.6 Å². The second-order valence-electron chi connectivity index (χ2n) is 6.89. The Bertz CT molecular complexity index is 840. The number of rotatable bonds is 8. The molecule has 1 saturated heterocycles. The zero-order valence-electron chi connectivity index (χ0n) is 18.5. The number of aliphatic imine (C=N–C) groups is 1. The van der Waals surface area contributed by atoms with E-state index in [1.807, 2.05) is 19.2 Å². The van der Waals surface area contributed by atoms with Crippen molar-refractivity contribution in [2.24, 2.45) is 12.0 Å². The minimum absolute atomic E-state index is 0. The highest BCUT2D eigenvalue weighted by Crippen LogP contribution is 2.32. The highest BCUT2D eigenvalue weighted by Gasteiger charge is 2.24. The van der Waals surface area contributed by atoms with Gasteiger partial charge in [-0.05, 0) is 17.7 Å². The van der Waals surface area contributed by atoms with Crippen LogP contribution in [0.5, 0.6) is 11.5 Å². The Kier molecular flexibility index (Phi) is 10.3. The van der Waals surface area contributed by atoms with Crippen LogP contribution in [0.1, 0.15) is 17.4 Å². The lowest BCUT2D eigenvalue weighted by molar-refractivity contribution is 0.0169. The molecule has 0 amide bonds. The molecule has 0 saturated carbocycles. The number of hydrogen-bond donors (Lipinski definition) is 2. The second-order valence-corrected chi connectivity index (χ2v) is 6.89. The van der Waals surface area contributed by atoms with Gasteiger partial charge >= 0.3 is 0 Å². The van der Waals surface area contributed by atoms with Crippen LogP contribution in [0.2, 0.25) is 0 Å². The molecule has 0 aliphatic carbocycles. The van der Waals surface area contributed by atoms with Crippen molar-refractivity contribution in [1.29, 1.82) is 0 Å². The summed E-state index contributed by atoms with van der Waals surface area (Å²) >= 11 is 0. The number of methoxy groups -OCH3 is 2. The van der Waals surface area contributed by atoms with E-state index in [2.05, 4.69) is 36.7 Å². The van der Waals surface area contributed by atoms with E-state index in [4.69, 9.17) is 14.2 Å². The molecule has 10 nitrogen and oxygen atoms in total. The summed E-state index contributed by atoms with van der Waals surface area (Å²) in [4.78, 5) is 11.0. The van der Waals surface area contributed by atoms with Crippen LogP contribution in [0.4, 0.5) is 0 Å². The van der Waals surface area contributed by atoms with Gasteiger partial charge in [0.15, 0.2) is 17.5 Å². The van der Waals surface area contributed by atoms with Crippen LogP contribution in [0.3, 0.4) is 0 Å². The third-order valence-corrected chi connectivity index (χ3v) is 5.18. The molecule has 1 fully saturated rings. The summed E-state index contributed by atoms with van der Waals surface area (Å²) in [6.45, 7) is 4.39. The summed E-state index contributed by atoms with van der Waals surface area (Å²) in [6.07, 6.45) is 1.54. The fourth-order valence-corrected chi connectivity index (χ4v) is 3.46. The fraction of sp³-hybridized carbons (Fsp3) is 0.550. The van der Waals surface area contributed by atoms with Gasteiger partial charge in [0, 0.05) is 33.7 Å². The van der Waals surface area contributed by atoms with Gasteiger partial charge in [-0.2, -0.15) is 5.10 Å². The monoisotopic (exact) mass is 545 g/mol. The average Bonchev–Trinajstić information content (AvgIpc) is 3.21. The van der Waals surface area contributed by atoms with E-state index in [1.54, 1.807) is 32.3 Å². The minimum Gasteiger partial charge on any atom is -0.493 e. The van der Waals surface area contributed by atoms with E-state index >= 15 is 0 Å². The van der Waals surface area contributed by atoms with Crippen molar-refractivity contribution in [3.8, 4) is 11.5 Å². The van der Waals surface area contributed by atoms with Gasteiger partial charge in [0.2, 0.25) is 0 Å². The summed E-state index contributed by atoms with van der Waals surface area (Å²) in [7, 11) is 6.92. The third kappa shape index (κ3) is 6.68. The average molecular weight is 545 g/mol. The van der Waals surface area contributed by atoms with E-state index < -0.39 is 0 Å². The van der Waals surface area contributed by atoms with Crippen LogP contribution in [0.15, 0.2) is 29.5 Å². The van der Waals surface area contributed by atoms with Crippen LogP contribution in [0.25, 0.3) is 0 Å². The number of nitrogens with zero attached hydrogens (tertiary/aromatic N) is 5. The number of ether oxygens (including phenoxy) is 3. The van der Waals surface area contributed by atoms with Crippen LogP contribution in [-0.2, 0) is 18.3 Å². The molecule has 2 N–H and O–H groups in total. The highest BCUT2D eigenvalue weighted by molar-refractivity contribution is 14.0. The van der Waals surface area contributed by atoms with Gasteiger partial charge in [-0.1, -0.05) is 6.07 Å². The van der Waals surface area contributed by atoms with E-state index in [0.29, 0.717) is 19.0 Å². The topological polar surface area (TPSA) is 98.1 Å². The van der Waals surface area contributed by atoms with Crippen molar-refractivity contribution in [3.63, 3.8) is 0 Å². The molecular weight excluding hydrogens is 513 g/mol. The minimum atomic E-state index is 0. The molecule has 2 heterocycles. The lowest BCUT2D eigenvalue weighted by atomic mass is 10.0. The van der Waals surface area contributed by atoms with Gasteiger partial charge in [-0.25, -0.2) is 4.98 Å². The molecule has 0 radical (unpaired) electrons. The van der Waals surface area contributed by atoms with Crippen molar-refractivity contribution in [1.82, 2.24) is 30.3 Å². The van der Waals surface area contributed by atoms with E-state index in [0.717, 1.165) is 49.2 Å². The van der Waals surface area contributed by atoms with Gasteiger partial charge in [-0.3, -0.25) is 14.6 Å². The zero-order valence-corrected chi connectivity index (χ0v) is 20.8. The summed E-state index contributed by atoms with van der Waals surface area (Å²) in [5, 5.41) is 10.8. The molecule has 3 rings (SSSR count). The van der Waals surface area contributed by atoms with Gasteiger partial charge in [0.25, 0.3) is 0 Å². The molecule has 11 heteroatoms. The van der Waals surface area contributed by atoms with Crippen LogP contribution in [0, 0.1) is 0 Å². The number of nitrogens with one attached hydrogen (secondary N) is 2. The van der Waals surface area contributed by atoms with Crippen molar-refractivity contribution in [2.75, 3.05) is 54.1 Å². The molecule has 2 aromatic rings. The standard InChI is InChI=1S/C20H31N7O3.HI/c1-21-20(23-13-19-24-14-25-26(19)2)22-12-16(27-7-9-30-10-8-27)15-5-6-17(28-3)18(11-15)29-4;/h5-6,11,14,16H,7-10,12-13H2,1-4H3,(H2,21,22,23);1H. The molecule has 1 aromatic carbocycles. The number of aromatic nitrogens is 3. The molecule has 31 heavy (non-hydrogen) atoms. The Balaban J connectivity index is 0.00000341. The fourth-order valence-electron chi connectivity index (χ4n) is 3.46. The van der Waals surface area contributed by atoms with E-state index in [1.165, 1.54) is 0 Å². The number of benzene rings is 1. The molecule has 1 aliphatic heterocycles. The Morgan fingerprint density at radius 3 is 2.55 bits per heavy atom. The smallest absolute Gasteiger partial charge is 0.191 e. The number of hydrogen-bond acceptors (Lipinski definition) is 7. The van der Waals surface area contributed by atoms with Crippen molar-refractivity contribution < 1.29 is 14.2 Å². The van der Waals surface area contributed by atoms with E-state index in [9.17, 15) is 0 Å². The highest BCUT2D eigenvalue weighted by atomic mass is 127. The molecule has 172 valence electrons. The molecule has 1 unspecified atom stereocenters.